The van der Waals surface area contributed by atoms with Gasteiger partial charge in [-0.25, -0.2) is 0 Å². The second kappa shape index (κ2) is 5.40. The lowest BCUT2D eigenvalue weighted by Gasteiger charge is -2.24. The van der Waals surface area contributed by atoms with Gasteiger partial charge in [-0.2, -0.15) is 0 Å². The fraction of sp³-hybridized carbons (Fsp3) is 0.500. The van der Waals surface area contributed by atoms with E-state index in [4.69, 9.17) is 9.47 Å². The zero-order valence-electron chi connectivity index (χ0n) is 11.1. The molecule has 0 amide bonds. The number of rotatable bonds is 3. The minimum absolute atomic E-state index is 0.0873. The summed E-state index contributed by atoms with van der Waals surface area (Å²) >= 11 is 0. The van der Waals surface area contributed by atoms with E-state index in [2.05, 4.69) is 5.32 Å². The van der Waals surface area contributed by atoms with E-state index < -0.39 is 0 Å². The molecule has 1 aliphatic rings. The molecule has 1 aliphatic heterocycles. The van der Waals surface area contributed by atoms with Crippen molar-refractivity contribution >= 4 is 5.78 Å². The number of nitrogens with one attached hydrogen (secondary N) is 1. The minimum atomic E-state index is -0.0873. The van der Waals surface area contributed by atoms with Gasteiger partial charge in [0.1, 0.15) is 11.5 Å². The molecule has 1 N–H and O–H groups in total. The number of ether oxygens (including phenoxy) is 2. The standard InChI is InChI=1S/C14H19NO3/c1-9-6-14(18-3)11(7-13(9)17-2)10-4-5-15-8-12(10)16/h6-7,10,15H,4-5,8H2,1-3H3. The number of carbonyl (C=O) groups is 1. The third-order valence-electron chi connectivity index (χ3n) is 3.42. The van der Waals surface area contributed by atoms with Gasteiger partial charge in [-0.1, -0.05) is 0 Å². The van der Waals surface area contributed by atoms with Crippen molar-refractivity contribution < 1.29 is 14.3 Å². The summed E-state index contributed by atoms with van der Waals surface area (Å²) in [5.41, 5.74) is 1.95. The van der Waals surface area contributed by atoms with Crippen LogP contribution in [0, 0.1) is 6.92 Å². The van der Waals surface area contributed by atoms with Gasteiger partial charge in [-0.05, 0) is 37.6 Å². The van der Waals surface area contributed by atoms with Crippen molar-refractivity contribution in [2.45, 2.75) is 19.3 Å². The van der Waals surface area contributed by atoms with E-state index in [9.17, 15) is 4.79 Å². The van der Waals surface area contributed by atoms with Crippen LogP contribution in [0.15, 0.2) is 12.1 Å². The van der Waals surface area contributed by atoms with Gasteiger partial charge in [0.25, 0.3) is 0 Å². The molecule has 2 rings (SSSR count). The molecule has 98 valence electrons. The van der Waals surface area contributed by atoms with Crippen molar-refractivity contribution in [3.63, 3.8) is 0 Å². The zero-order valence-corrected chi connectivity index (χ0v) is 11.1. The fourth-order valence-electron chi connectivity index (χ4n) is 2.42. The van der Waals surface area contributed by atoms with E-state index in [0.717, 1.165) is 35.6 Å². The first kappa shape index (κ1) is 12.9. The SMILES string of the molecule is COc1cc(C2CCNCC2=O)c(OC)cc1C. The number of hydrogen-bond acceptors (Lipinski definition) is 4. The van der Waals surface area contributed by atoms with Crippen LogP contribution in [0.25, 0.3) is 0 Å². The molecular formula is C14H19NO3. The molecule has 1 aromatic carbocycles. The third-order valence-corrected chi connectivity index (χ3v) is 3.42. The molecule has 0 saturated carbocycles. The molecule has 4 nitrogen and oxygen atoms in total. The summed E-state index contributed by atoms with van der Waals surface area (Å²) in [5.74, 6) is 1.70. The predicted molar refractivity (Wildman–Crippen MR) is 69.5 cm³/mol. The van der Waals surface area contributed by atoms with Gasteiger partial charge in [0.05, 0.1) is 20.8 Å². The van der Waals surface area contributed by atoms with Gasteiger partial charge in [0, 0.05) is 11.5 Å². The van der Waals surface area contributed by atoms with Crippen LogP contribution in [-0.2, 0) is 4.79 Å². The molecule has 0 bridgehead atoms. The first-order valence-corrected chi connectivity index (χ1v) is 6.13. The molecule has 1 aromatic rings. The Labute approximate surface area is 107 Å². The molecule has 0 aliphatic carbocycles. The third kappa shape index (κ3) is 2.34. The van der Waals surface area contributed by atoms with Crippen molar-refractivity contribution in [3.05, 3.63) is 23.3 Å². The smallest absolute Gasteiger partial charge is 0.154 e. The Morgan fingerprint density at radius 3 is 2.56 bits per heavy atom. The summed E-state index contributed by atoms with van der Waals surface area (Å²) in [7, 11) is 3.28. The summed E-state index contributed by atoms with van der Waals surface area (Å²) < 4.78 is 10.7. The molecule has 1 fully saturated rings. The Balaban J connectivity index is 2.44. The van der Waals surface area contributed by atoms with E-state index in [-0.39, 0.29) is 11.7 Å². The normalized spacial score (nSPS) is 19.7. The number of piperidine rings is 1. The van der Waals surface area contributed by atoms with Crippen molar-refractivity contribution in [1.82, 2.24) is 5.32 Å². The number of Topliss-reactive ketones (excluding diaryl/α,β-unsaturated/α-hetero) is 1. The Morgan fingerprint density at radius 1 is 1.22 bits per heavy atom. The molecule has 0 radical (unpaired) electrons. The molecule has 18 heavy (non-hydrogen) atoms. The van der Waals surface area contributed by atoms with Gasteiger partial charge in [0.15, 0.2) is 5.78 Å². The molecule has 4 heteroatoms. The number of carbonyl (C=O) groups excluding carboxylic acids is 1. The summed E-state index contributed by atoms with van der Waals surface area (Å²) in [4.78, 5) is 12.0. The monoisotopic (exact) mass is 249 g/mol. The highest BCUT2D eigenvalue weighted by Crippen LogP contribution is 2.35. The fourth-order valence-corrected chi connectivity index (χ4v) is 2.42. The maximum atomic E-state index is 12.0. The lowest BCUT2D eigenvalue weighted by Crippen LogP contribution is -2.35. The van der Waals surface area contributed by atoms with Crippen LogP contribution in [0.4, 0.5) is 0 Å². The summed E-state index contributed by atoms with van der Waals surface area (Å²) in [6.45, 7) is 3.26. The van der Waals surface area contributed by atoms with Crippen LogP contribution in [-0.4, -0.2) is 33.1 Å². The van der Waals surface area contributed by atoms with Crippen molar-refractivity contribution in [3.8, 4) is 11.5 Å². The van der Waals surface area contributed by atoms with Crippen molar-refractivity contribution in [2.75, 3.05) is 27.3 Å². The average Bonchev–Trinajstić information content (AvgIpc) is 2.39. The van der Waals surface area contributed by atoms with Gasteiger partial charge in [-0.3, -0.25) is 4.79 Å². The Kier molecular flexibility index (Phi) is 3.87. The van der Waals surface area contributed by atoms with E-state index in [0.29, 0.717) is 6.54 Å². The maximum Gasteiger partial charge on any atom is 0.154 e. The predicted octanol–water partition coefficient (Wildman–Crippen LogP) is 1.66. The summed E-state index contributed by atoms with van der Waals surface area (Å²) in [6, 6.07) is 3.87. The highest BCUT2D eigenvalue weighted by Gasteiger charge is 2.27. The summed E-state index contributed by atoms with van der Waals surface area (Å²) in [6.07, 6.45) is 0.807. The topological polar surface area (TPSA) is 47.6 Å². The lowest BCUT2D eigenvalue weighted by molar-refractivity contribution is -0.120. The Bertz CT molecular complexity index is 457. The van der Waals surface area contributed by atoms with Crippen molar-refractivity contribution in [2.24, 2.45) is 0 Å². The number of aryl methyl sites for hydroxylation is 1. The highest BCUT2D eigenvalue weighted by molar-refractivity contribution is 5.89. The van der Waals surface area contributed by atoms with Crippen LogP contribution < -0.4 is 14.8 Å². The number of hydrogen-bond donors (Lipinski definition) is 1. The van der Waals surface area contributed by atoms with Gasteiger partial charge in [-0.15, -0.1) is 0 Å². The van der Waals surface area contributed by atoms with Crippen LogP contribution in [0.1, 0.15) is 23.5 Å². The first-order valence-electron chi connectivity index (χ1n) is 6.13. The lowest BCUT2D eigenvalue weighted by atomic mass is 9.87. The quantitative estimate of drug-likeness (QED) is 0.885. The van der Waals surface area contributed by atoms with E-state index in [1.165, 1.54) is 0 Å². The second-order valence-electron chi connectivity index (χ2n) is 4.55. The van der Waals surface area contributed by atoms with E-state index in [1.54, 1.807) is 14.2 Å². The molecule has 1 saturated heterocycles. The average molecular weight is 249 g/mol. The maximum absolute atomic E-state index is 12.0. The van der Waals surface area contributed by atoms with Crippen LogP contribution in [0.5, 0.6) is 11.5 Å². The molecular weight excluding hydrogens is 230 g/mol. The van der Waals surface area contributed by atoms with E-state index >= 15 is 0 Å². The van der Waals surface area contributed by atoms with Gasteiger partial charge in [0.2, 0.25) is 0 Å². The Hall–Kier alpha value is -1.55. The number of ketones is 1. The summed E-state index contributed by atoms with van der Waals surface area (Å²) in [5, 5.41) is 3.09. The van der Waals surface area contributed by atoms with Gasteiger partial charge < -0.3 is 14.8 Å². The molecule has 0 spiro atoms. The highest BCUT2D eigenvalue weighted by atomic mass is 16.5. The zero-order chi connectivity index (χ0) is 13.1. The molecule has 1 unspecified atom stereocenters. The first-order chi connectivity index (χ1) is 8.67. The van der Waals surface area contributed by atoms with Gasteiger partial charge >= 0.3 is 0 Å². The number of methoxy groups -OCH3 is 2. The largest absolute Gasteiger partial charge is 0.496 e. The second-order valence-corrected chi connectivity index (χ2v) is 4.55. The van der Waals surface area contributed by atoms with Crippen LogP contribution >= 0.6 is 0 Å². The minimum Gasteiger partial charge on any atom is -0.496 e. The molecule has 0 aromatic heterocycles. The van der Waals surface area contributed by atoms with Crippen molar-refractivity contribution in [1.29, 1.82) is 0 Å². The molecule has 1 heterocycles. The molecule has 1 atom stereocenters. The van der Waals surface area contributed by atoms with Crippen LogP contribution in [0.2, 0.25) is 0 Å². The van der Waals surface area contributed by atoms with E-state index in [1.807, 2.05) is 19.1 Å². The van der Waals surface area contributed by atoms with Crippen LogP contribution in [0.3, 0.4) is 0 Å². The number of benzene rings is 1. The Morgan fingerprint density at radius 2 is 1.94 bits per heavy atom.